The highest BCUT2D eigenvalue weighted by Crippen LogP contribution is 2.31. The van der Waals surface area contributed by atoms with Crippen LogP contribution in [0.3, 0.4) is 0 Å². The van der Waals surface area contributed by atoms with Crippen LogP contribution in [0.4, 0.5) is 5.69 Å². The van der Waals surface area contributed by atoms with Crippen molar-refractivity contribution in [3.63, 3.8) is 0 Å². The van der Waals surface area contributed by atoms with Crippen LogP contribution in [0.25, 0.3) is 10.9 Å². The summed E-state index contributed by atoms with van der Waals surface area (Å²) < 4.78 is 33.7. The van der Waals surface area contributed by atoms with Crippen LogP contribution in [-0.2, 0) is 10.0 Å². The Morgan fingerprint density at radius 2 is 1.83 bits per heavy atom. The molecule has 2 N–H and O–H groups in total. The van der Waals surface area contributed by atoms with Crippen molar-refractivity contribution >= 4 is 48.5 Å². The van der Waals surface area contributed by atoms with Gasteiger partial charge in [-0.05, 0) is 47.1 Å². The molecule has 30 heavy (non-hydrogen) atoms. The molecule has 160 valence electrons. The van der Waals surface area contributed by atoms with E-state index in [0.29, 0.717) is 35.6 Å². The zero-order valence-electron chi connectivity index (χ0n) is 17.0. The monoisotopic (exact) mass is 493 g/mol. The number of para-hydroxylation sites is 1. The number of nitrogens with zero attached hydrogens (tertiary/aromatic N) is 1. The Hall–Kier alpha value is -2.36. The fourth-order valence-electron chi connectivity index (χ4n) is 3.22. The lowest BCUT2D eigenvalue weighted by molar-refractivity contribution is 0.102. The van der Waals surface area contributed by atoms with Crippen LogP contribution in [-0.4, -0.2) is 43.3 Å². The van der Waals surface area contributed by atoms with Gasteiger partial charge in [-0.25, -0.2) is 8.42 Å². The summed E-state index contributed by atoms with van der Waals surface area (Å²) in [4.78, 5) is 16.0. The highest BCUT2D eigenvalue weighted by atomic mass is 79.9. The fourth-order valence-corrected chi connectivity index (χ4v) is 5.46. The summed E-state index contributed by atoms with van der Waals surface area (Å²) in [7, 11) is -3.77. The predicted octanol–water partition coefficient (Wildman–Crippen LogP) is 4.61. The molecule has 1 amide bonds. The summed E-state index contributed by atoms with van der Waals surface area (Å²) in [5.41, 5.74) is 1.55. The van der Waals surface area contributed by atoms with Gasteiger partial charge in [0.1, 0.15) is 16.3 Å². The molecule has 0 aliphatic heterocycles. The first-order valence-electron chi connectivity index (χ1n) is 9.68. The van der Waals surface area contributed by atoms with Gasteiger partial charge in [-0.1, -0.05) is 32.0 Å². The maximum Gasteiger partial charge on any atom is 0.273 e. The quantitative estimate of drug-likeness (QED) is 0.479. The average molecular weight is 494 g/mol. The molecule has 0 bridgehead atoms. The Bertz CT molecular complexity index is 1170. The number of hydrogen-bond acceptors (Lipinski definition) is 4. The highest BCUT2D eigenvalue weighted by molar-refractivity contribution is 9.10. The molecule has 0 saturated heterocycles. The standard InChI is InChI=1S/C21H24BrN3O4S/c1-4-25(5-2)30(27,28)18-13-14(11-12-17(18)29-6-3)23-21(26)20-19(22)15-9-7-8-10-16(15)24-20/h7-13,24H,4-6H2,1-3H3,(H,23,26). The van der Waals surface area contributed by atoms with Crippen molar-refractivity contribution in [3.8, 4) is 5.75 Å². The molecule has 2 aromatic carbocycles. The van der Waals surface area contributed by atoms with E-state index in [1.165, 1.54) is 10.4 Å². The summed E-state index contributed by atoms with van der Waals surface area (Å²) >= 11 is 3.47. The minimum absolute atomic E-state index is 0.0292. The van der Waals surface area contributed by atoms with E-state index in [2.05, 4.69) is 26.2 Å². The average Bonchev–Trinajstić information content (AvgIpc) is 3.07. The number of carbonyl (C=O) groups is 1. The van der Waals surface area contributed by atoms with Gasteiger partial charge in [0.25, 0.3) is 5.91 Å². The number of ether oxygens (including phenoxy) is 1. The van der Waals surface area contributed by atoms with Gasteiger partial charge >= 0.3 is 0 Å². The number of H-pyrrole nitrogens is 1. The number of nitrogens with one attached hydrogen (secondary N) is 2. The first-order chi connectivity index (χ1) is 14.3. The maximum absolute atomic E-state index is 13.1. The molecule has 1 heterocycles. The number of hydrogen-bond donors (Lipinski definition) is 2. The molecular formula is C21H24BrN3O4S. The van der Waals surface area contributed by atoms with Crippen molar-refractivity contribution in [2.75, 3.05) is 25.0 Å². The normalized spacial score (nSPS) is 11.8. The number of aromatic amines is 1. The lowest BCUT2D eigenvalue weighted by Gasteiger charge is -2.21. The smallest absolute Gasteiger partial charge is 0.273 e. The third kappa shape index (κ3) is 4.23. The van der Waals surface area contributed by atoms with E-state index in [9.17, 15) is 13.2 Å². The van der Waals surface area contributed by atoms with Crippen molar-refractivity contribution in [1.82, 2.24) is 9.29 Å². The van der Waals surface area contributed by atoms with E-state index < -0.39 is 10.0 Å². The SMILES string of the molecule is CCOc1ccc(NC(=O)c2[nH]c3ccccc3c2Br)cc1S(=O)(=O)N(CC)CC. The molecule has 0 aliphatic rings. The Kier molecular flexibility index (Phi) is 6.84. The minimum atomic E-state index is -3.77. The van der Waals surface area contributed by atoms with E-state index in [1.54, 1.807) is 32.9 Å². The van der Waals surface area contributed by atoms with Gasteiger partial charge in [-0.3, -0.25) is 4.79 Å². The Balaban J connectivity index is 1.98. The molecule has 0 atom stereocenters. The Labute approximate surface area is 184 Å². The Morgan fingerprint density at radius 1 is 1.13 bits per heavy atom. The molecule has 0 radical (unpaired) electrons. The molecule has 0 unspecified atom stereocenters. The lowest BCUT2D eigenvalue weighted by atomic mass is 10.2. The van der Waals surface area contributed by atoms with Crippen molar-refractivity contribution < 1.29 is 17.9 Å². The number of fused-ring (bicyclic) bond motifs is 1. The van der Waals surface area contributed by atoms with Gasteiger partial charge in [0.05, 0.1) is 11.1 Å². The zero-order valence-corrected chi connectivity index (χ0v) is 19.4. The van der Waals surface area contributed by atoms with Crippen LogP contribution in [0.1, 0.15) is 31.3 Å². The molecule has 0 fully saturated rings. The van der Waals surface area contributed by atoms with E-state index in [1.807, 2.05) is 24.3 Å². The number of rotatable bonds is 8. The third-order valence-electron chi connectivity index (χ3n) is 4.69. The third-order valence-corrected chi connectivity index (χ3v) is 7.59. The van der Waals surface area contributed by atoms with Gasteiger partial charge in [0.2, 0.25) is 10.0 Å². The molecule has 3 rings (SSSR count). The first kappa shape index (κ1) is 22.3. The van der Waals surface area contributed by atoms with Gasteiger partial charge in [0.15, 0.2) is 0 Å². The number of amides is 1. The molecule has 0 aliphatic carbocycles. The van der Waals surface area contributed by atoms with Crippen LogP contribution in [0, 0.1) is 0 Å². The molecule has 9 heteroatoms. The molecule has 7 nitrogen and oxygen atoms in total. The number of carbonyl (C=O) groups excluding carboxylic acids is 1. The van der Waals surface area contributed by atoms with Crippen LogP contribution >= 0.6 is 15.9 Å². The van der Waals surface area contributed by atoms with Crippen LogP contribution in [0.15, 0.2) is 51.8 Å². The number of sulfonamides is 1. The van der Waals surface area contributed by atoms with Crippen LogP contribution in [0.2, 0.25) is 0 Å². The number of aromatic nitrogens is 1. The number of anilines is 1. The van der Waals surface area contributed by atoms with Crippen molar-refractivity contribution in [2.24, 2.45) is 0 Å². The zero-order chi connectivity index (χ0) is 21.9. The minimum Gasteiger partial charge on any atom is -0.492 e. The highest BCUT2D eigenvalue weighted by Gasteiger charge is 2.26. The molecule has 0 saturated carbocycles. The lowest BCUT2D eigenvalue weighted by Crippen LogP contribution is -2.31. The largest absolute Gasteiger partial charge is 0.492 e. The van der Waals surface area contributed by atoms with Crippen LogP contribution in [0.5, 0.6) is 5.75 Å². The summed E-state index contributed by atoms with van der Waals surface area (Å²) in [6.45, 7) is 6.35. The topological polar surface area (TPSA) is 91.5 Å². The van der Waals surface area contributed by atoms with E-state index in [-0.39, 0.29) is 16.6 Å². The number of halogens is 1. The predicted molar refractivity (Wildman–Crippen MR) is 122 cm³/mol. The second-order valence-electron chi connectivity index (χ2n) is 6.50. The maximum atomic E-state index is 13.1. The van der Waals surface area contributed by atoms with E-state index >= 15 is 0 Å². The summed E-state index contributed by atoms with van der Waals surface area (Å²) in [5.74, 6) is -0.123. The Morgan fingerprint density at radius 3 is 2.47 bits per heavy atom. The second kappa shape index (κ2) is 9.20. The van der Waals surface area contributed by atoms with E-state index in [4.69, 9.17) is 4.74 Å². The van der Waals surface area contributed by atoms with Crippen LogP contribution < -0.4 is 10.1 Å². The summed E-state index contributed by atoms with van der Waals surface area (Å²) in [5, 5.41) is 3.67. The number of benzene rings is 2. The summed E-state index contributed by atoms with van der Waals surface area (Å²) in [6.07, 6.45) is 0. The van der Waals surface area contributed by atoms with Crippen molar-refractivity contribution in [3.05, 3.63) is 52.6 Å². The van der Waals surface area contributed by atoms with E-state index in [0.717, 1.165) is 10.9 Å². The summed E-state index contributed by atoms with van der Waals surface area (Å²) in [6, 6.07) is 12.2. The molecule has 1 aromatic heterocycles. The van der Waals surface area contributed by atoms with Crippen molar-refractivity contribution in [1.29, 1.82) is 0 Å². The van der Waals surface area contributed by atoms with Gasteiger partial charge in [-0.2, -0.15) is 4.31 Å². The molecule has 0 spiro atoms. The fraction of sp³-hybridized carbons (Fsp3) is 0.286. The van der Waals surface area contributed by atoms with Gasteiger partial charge in [0, 0.05) is 29.7 Å². The van der Waals surface area contributed by atoms with Gasteiger partial charge in [-0.15, -0.1) is 0 Å². The van der Waals surface area contributed by atoms with Gasteiger partial charge < -0.3 is 15.0 Å². The first-order valence-corrected chi connectivity index (χ1v) is 11.9. The second-order valence-corrected chi connectivity index (χ2v) is 9.20. The molecular weight excluding hydrogens is 470 g/mol. The molecule has 3 aromatic rings. The van der Waals surface area contributed by atoms with Crippen molar-refractivity contribution in [2.45, 2.75) is 25.7 Å².